The van der Waals surface area contributed by atoms with Crippen molar-refractivity contribution in [2.45, 2.75) is 37.1 Å². The maximum atomic E-state index is 15.0. The number of halogens is 5. The van der Waals surface area contributed by atoms with Crippen molar-refractivity contribution in [2.24, 2.45) is 0 Å². The van der Waals surface area contributed by atoms with Gasteiger partial charge in [0.25, 0.3) is 0 Å². The van der Waals surface area contributed by atoms with Crippen molar-refractivity contribution in [3.63, 3.8) is 0 Å². The van der Waals surface area contributed by atoms with E-state index in [4.69, 9.17) is 9.47 Å². The lowest BCUT2D eigenvalue weighted by Gasteiger charge is -2.18. The highest BCUT2D eigenvalue weighted by Crippen LogP contribution is 2.47. The topological polar surface area (TPSA) is 48.4 Å². The summed E-state index contributed by atoms with van der Waals surface area (Å²) in [6, 6.07) is 13.3. The van der Waals surface area contributed by atoms with Crippen LogP contribution in [0.3, 0.4) is 0 Å². The van der Waals surface area contributed by atoms with Gasteiger partial charge < -0.3 is 9.47 Å². The maximum Gasteiger partial charge on any atom is 0.416 e. The van der Waals surface area contributed by atoms with Crippen LogP contribution in [-0.4, -0.2) is 24.2 Å². The summed E-state index contributed by atoms with van der Waals surface area (Å²) < 4.78 is 78.3. The molecule has 0 aliphatic heterocycles. The highest BCUT2D eigenvalue weighted by atomic mass is 32.2. The van der Waals surface area contributed by atoms with Crippen molar-refractivity contribution in [3.8, 4) is 16.3 Å². The number of ether oxygens (including phenoxy) is 2. The van der Waals surface area contributed by atoms with Crippen LogP contribution in [0.1, 0.15) is 39.4 Å². The fourth-order valence-electron chi connectivity index (χ4n) is 3.88. The number of carbonyl (C=O) groups excluding carboxylic acids is 1. The molecule has 210 valence electrons. The van der Waals surface area contributed by atoms with Crippen molar-refractivity contribution < 1.29 is 36.2 Å². The largest absolute Gasteiger partial charge is 0.482 e. The monoisotopic (exact) mass is 593 g/mol. The number of benzene rings is 3. The third-order valence-corrected chi connectivity index (χ3v) is 8.50. The molecule has 4 rings (SSSR count). The van der Waals surface area contributed by atoms with Gasteiger partial charge >= 0.3 is 12.1 Å². The van der Waals surface area contributed by atoms with E-state index in [-0.39, 0.29) is 18.8 Å². The number of thiazole rings is 1. The number of nitrogens with zero attached hydrogens (tertiary/aromatic N) is 1. The van der Waals surface area contributed by atoms with Crippen LogP contribution in [0.5, 0.6) is 5.75 Å². The molecule has 4 aromatic rings. The molecule has 0 fully saturated rings. The zero-order valence-electron chi connectivity index (χ0n) is 21.6. The number of carbonyl (C=O) groups is 1. The zero-order chi connectivity index (χ0) is 29.0. The van der Waals surface area contributed by atoms with Gasteiger partial charge in [-0.15, -0.1) is 23.1 Å². The third kappa shape index (κ3) is 7.00. The zero-order valence-corrected chi connectivity index (χ0v) is 23.3. The van der Waals surface area contributed by atoms with Gasteiger partial charge in [0.05, 0.1) is 23.1 Å². The third-order valence-electron chi connectivity index (χ3n) is 5.83. The highest BCUT2D eigenvalue weighted by molar-refractivity contribution is 7.99. The molecule has 0 radical (unpaired) electrons. The van der Waals surface area contributed by atoms with Crippen LogP contribution in [0.2, 0.25) is 0 Å². The summed E-state index contributed by atoms with van der Waals surface area (Å²) in [6.45, 7) is 5.25. The summed E-state index contributed by atoms with van der Waals surface area (Å²) in [5.41, 5.74) is 1.27. The lowest BCUT2D eigenvalue weighted by molar-refractivity contribution is -0.145. The molecule has 0 amide bonds. The summed E-state index contributed by atoms with van der Waals surface area (Å²) in [5, 5.41) is -0.153. The Labute approximate surface area is 236 Å². The Morgan fingerprint density at radius 3 is 2.38 bits per heavy atom. The molecule has 11 heteroatoms. The van der Waals surface area contributed by atoms with Gasteiger partial charge in [-0.05, 0) is 62.7 Å². The Morgan fingerprint density at radius 2 is 1.75 bits per heavy atom. The SMILES string of the molecule is CCOC(=O)COc1ccc(SC(c2ccc(F)cc2F)c2sc(-c3ccc(C(F)(F)F)cc3)nc2C)cc1C. The fourth-order valence-corrected chi connectivity index (χ4v) is 6.50. The summed E-state index contributed by atoms with van der Waals surface area (Å²) in [5.74, 6) is -1.44. The number of esters is 1. The maximum absolute atomic E-state index is 15.0. The Balaban J connectivity index is 1.67. The second-order valence-corrected chi connectivity index (χ2v) is 10.9. The Hall–Kier alpha value is -3.44. The van der Waals surface area contributed by atoms with E-state index < -0.39 is 34.6 Å². The van der Waals surface area contributed by atoms with E-state index in [1.807, 2.05) is 6.07 Å². The Kier molecular flexibility index (Phi) is 9.15. The van der Waals surface area contributed by atoms with E-state index in [1.54, 1.807) is 32.9 Å². The van der Waals surface area contributed by atoms with E-state index in [1.165, 1.54) is 47.4 Å². The smallest absolute Gasteiger partial charge is 0.416 e. The van der Waals surface area contributed by atoms with E-state index in [0.29, 0.717) is 26.9 Å². The predicted octanol–water partition coefficient (Wildman–Crippen LogP) is 8.55. The first kappa shape index (κ1) is 29.5. The van der Waals surface area contributed by atoms with Crippen LogP contribution < -0.4 is 4.74 Å². The normalized spacial score (nSPS) is 12.3. The number of hydrogen-bond acceptors (Lipinski definition) is 6. The van der Waals surface area contributed by atoms with Crippen LogP contribution in [-0.2, 0) is 15.7 Å². The summed E-state index contributed by atoms with van der Waals surface area (Å²) in [6.07, 6.45) is -4.46. The van der Waals surface area contributed by atoms with E-state index in [0.717, 1.165) is 28.7 Å². The van der Waals surface area contributed by atoms with Crippen LogP contribution in [0.4, 0.5) is 22.0 Å². The minimum atomic E-state index is -4.46. The Morgan fingerprint density at radius 1 is 1.02 bits per heavy atom. The van der Waals surface area contributed by atoms with Crippen LogP contribution in [0.25, 0.3) is 10.6 Å². The molecule has 40 heavy (non-hydrogen) atoms. The number of rotatable bonds is 9. The molecule has 0 aliphatic rings. The molecule has 0 spiro atoms. The van der Waals surface area contributed by atoms with Crippen molar-refractivity contribution in [1.82, 2.24) is 4.98 Å². The first-order chi connectivity index (χ1) is 19.0. The van der Waals surface area contributed by atoms with E-state index in [9.17, 15) is 22.4 Å². The average molecular weight is 594 g/mol. The molecule has 0 bridgehead atoms. The van der Waals surface area contributed by atoms with Crippen LogP contribution in [0.15, 0.2) is 65.6 Å². The van der Waals surface area contributed by atoms with Crippen molar-refractivity contribution >= 4 is 29.1 Å². The molecule has 3 aromatic carbocycles. The van der Waals surface area contributed by atoms with Crippen molar-refractivity contribution in [1.29, 1.82) is 0 Å². The molecule has 1 atom stereocenters. The van der Waals surface area contributed by atoms with Gasteiger partial charge in [-0.1, -0.05) is 18.2 Å². The fraction of sp³-hybridized carbons (Fsp3) is 0.241. The van der Waals surface area contributed by atoms with E-state index >= 15 is 4.39 Å². The van der Waals surface area contributed by atoms with Crippen molar-refractivity contribution in [3.05, 3.63) is 99.6 Å². The van der Waals surface area contributed by atoms with Crippen molar-refractivity contribution in [2.75, 3.05) is 13.2 Å². The average Bonchev–Trinajstić information content (AvgIpc) is 3.28. The molecule has 0 saturated heterocycles. The minimum Gasteiger partial charge on any atom is -0.482 e. The summed E-state index contributed by atoms with van der Waals surface area (Å²) in [7, 11) is 0. The van der Waals surface area contributed by atoms with Gasteiger partial charge in [0, 0.05) is 27.0 Å². The van der Waals surface area contributed by atoms with Gasteiger partial charge in [-0.2, -0.15) is 13.2 Å². The molecule has 1 heterocycles. The van der Waals surface area contributed by atoms with Gasteiger partial charge in [0.15, 0.2) is 6.61 Å². The molecule has 4 nitrogen and oxygen atoms in total. The molecule has 1 aromatic heterocycles. The summed E-state index contributed by atoms with van der Waals surface area (Å²) in [4.78, 5) is 17.6. The minimum absolute atomic E-state index is 0.234. The van der Waals surface area contributed by atoms with Crippen LogP contribution in [0, 0.1) is 25.5 Å². The second-order valence-electron chi connectivity index (χ2n) is 8.73. The number of hydrogen-bond donors (Lipinski definition) is 0. The quantitative estimate of drug-likeness (QED) is 0.111. The van der Waals surface area contributed by atoms with Gasteiger partial charge in [-0.25, -0.2) is 18.6 Å². The number of aryl methyl sites for hydroxylation is 2. The Bertz CT molecular complexity index is 1500. The first-order valence-electron chi connectivity index (χ1n) is 12.1. The molecule has 1 unspecified atom stereocenters. The number of aromatic nitrogens is 1. The highest BCUT2D eigenvalue weighted by Gasteiger charge is 2.30. The van der Waals surface area contributed by atoms with Crippen LogP contribution >= 0.6 is 23.1 Å². The standard InChI is InChI=1S/C29H24F5NO3S2/c1-4-37-25(36)15-38-24-12-10-21(13-16(24)2)39-27(22-11-9-20(30)14-23(22)31)26-17(3)35-28(40-26)18-5-7-19(8-6-18)29(32,33)34/h5-14,27H,4,15H2,1-3H3. The molecular formula is C29H24F5NO3S2. The summed E-state index contributed by atoms with van der Waals surface area (Å²) >= 11 is 2.55. The number of thioether (sulfide) groups is 1. The number of alkyl halides is 3. The first-order valence-corrected chi connectivity index (χ1v) is 13.8. The predicted molar refractivity (Wildman–Crippen MR) is 145 cm³/mol. The lowest BCUT2D eigenvalue weighted by atomic mass is 10.1. The lowest BCUT2D eigenvalue weighted by Crippen LogP contribution is -2.14. The van der Waals surface area contributed by atoms with Gasteiger partial charge in [0.1, 0.15) is 22.4 Å². The molecular weight excluding hydrogens is 569 g/mol. The molecule has 0 N–H and O–H groups in total. The van der Waals surface area contributed by atoms with Gasteiger partial charge in [-0.3, -0.25) is 0 Å². The second kappa shape index (κ2) is 12.4. The molecule has 0 aliphatic carbocycles. The molecule has 0 saturated carbocycles. The van der Waals surface area contributed by atoms with E-state index in [2.05, 4.69) is 4.98 Å². The van der Waals surface area contributed by atoms with Gasteiger partial charge in [0.2, 0.25) is 0 Å².